The quantitative estimate of drug-likeness (QED) is 0.818. The summed E-state index contributed by atoms with van der Waals surface area (Å²) in [6.07, 6.45) is 3.71. The van der Waals surface area contributed by atoms with Gasteiger partial charge < -0.3 is 10.6 Å². The zero-order valence-electron chi connectivity index (χ0n) is 10.4. The zero-order valence-corrected chi connectivity index (χ0v) is 10.4. The van der Waals surface area contributed by atoms with Crippen LogP contribution in [0.4, 0.5) is 5.82 Å². The van der Waals surface area contributed by atoms with Gasteiger partial charge in [0.15, 0.2) is 0 Å². The molecule has 1 aromatic heterocycles. The van der Waals surface area contributed by atoms with E-state index in [1.54, 1.807) is 13.1 Å². The molecule has 1 heterocycles. The summed E-state index contributed by atoms with van der Waals surface area (Å²) in [5.74, 6) is 1.45. The number of aromatic nitrogens is 1. The third kappa shape index (κ3) is 3.44. The van der Waals surface area contributed by atoms with Crippen molar-refractivity contribution in [3.8, 4) is 0 Å². The number of rotatable bonds is 5. The van der Waals surface area contributed by atoms with E-state index in [1.165, 1.54) is 12.8 Å². The number of amides is 1. The lowest BCUT2D eigenvalue weighted by molar-refractivity contribution is 0.0932. The normalized spacial score (nSPS) is 16.4. The Bertz CT molecular complexity index is 401. The third-order valence-electron chi connectivity index (χ3n) is 3.00. The summed E-state index contributed by atoms with van der Waals surface area (Å²) in [7, 11) is 1.79. The van der Waals surface area contributed by atoms with Crippen molar-refractivity contribution >= 4 is 11.7 Å². The lowest BCUT2D eigenvalue weighted by Gasteiger charge is -2.13. The first-order valence-corrected chi connectivity index (χ1v) is 6.14. The number of nitrogens with zero attached hydrogens (tertiary/aromatic N) is 1. The highest BCUT2D eigenvalue weighted by atomic mass is 16.1. The van der Waals surface area contributed by atoms with Crippen LogP contribution in [0, 0.1) is 5.92 Å². The fourth-order valence-electron chi connectivity index (χ4n) is 1.91. The molecule has 4 nitrogen and oxygen atoms in total. The van der Waals surface area contributed by atoms with Crippen LogP contribution in [-0.4, -0.2) is 24.0 Å². The molecule has 1 aromatic rings. The second-order valence-electron chi connectivity index (χ2n) is 4.71. The van der Waals surface area contributed by atoms with Crippen LogP contribution < -0.4 is 10.6 Å². The Hall–Kier alpha value is -1.58. The van der Waals surface area contributed by atoms with Gasteiger partial charge in [-0.05, 0) is 31.4 Å². The van der Waals surface area contributed by atoms with Gasteiger partial charge in [0.05, 0.1) is 0 Å². The van der Waals surface area contributed by atoms with E-state index in [-0.39, 0.29) is 11.9 Å². The minimum Gasteiger partial charge on any atom is -0.373 e. The van der Waals surface area contributed by atoms with Gasteiger partial charge in [0.1, 0.15) is 11.5 Å². The van der Waals surface area contributed by atoms with Gasteiger partial charge in [0, 0.05) is 13.1 Å². The number of pyridine rings is 1. The van der Waals surface area contributed by atoms with E-state index in [2.05, 4.69) is 22.5 Å². The van der Waals surface area contributed by atoms with Gasteiger partial charge in [-0.15, -0.1) is 0 Å². The Morgan fingerprint density at radius 2 is 2.29 bits per heavy atom. The summed E-state index contributed by atoms with van der Waals surface area (Å²) in [5, 5.41) is 5.92. The lowest BCUT2D eigenvalue weighted by atomic mass is 10.1. The summed E-state index contributed by atoms with van der Waals surface area (Å²) in [4.78, 5) is 16.1. The Labute approximate surface area is 102 Å². The standard InChI is InChI=1S/C13H19N3O/c1-9(8-10-6-7-10)15-13(17)11-4-3-5-12(14-2)16-11/h3-5,9-10H,6-8H2,1-2H3,(H,14,16)(H,15,17). The SMILES string of the molecule is CNc1cccc(C(=O)NC(C)CC2CC2)n1. The van der Waals surface area contributed by atoms with E-state index in [9.17, 15) is 4.79 Å². The van der Waals surface area contributed by atoms with Gasteiger partial charge in [0.25, 0.3) is 5.91 Å². The van der Waals surface area contributed by atoms with Crippen molar-refractivity contribution in [3.05, 3.63) is 23.9 Å². The van der Waals surface area contributed by atoms with Gasteiger partial charge in [-0.25, -0.2) is 4.98 Å². The van der Waals surface area contributed by atoms with Crippen molar-refractivity contribution in [1.82, 2.24) is 10.3 Å². The summed E-state index contributed by atoms with van der Waals surface area (Å²) in [5.41, 5.74) is 0.472. The Balaban J connectivity index is 1.92. The molecule has 17 heavy (non-hydrogen) atoms. The minimum absolute atomic E-state index is 0.0877. The maximum Gasteiger partial charge on any atom is 0.270 e. The molecule has 92 valence electrons. The fraction of sp³-hybridized carbons (Fsp3) is 0.538. The third-order valence-corrected chi connectivity index (χ3v) is 3.00. The van der Waals surface area contributed by atoms with E-state index in [0.29, 0.717) is 11.5 Å². The van der Waals surface area contributed by atoms with Crippen LogP contribution in [0.1, 0.15) is 36.7 Å². The molecule has 1 saturated carbocycles. The van der Waals surface area contributed by atoms with E-state index in [1.807, 2.05) is 12.1 Å². The smallest absolute Gasteiger partial charge is 0.270 e. The van der Waals surface area contributed by atoms with Crippen LogP contribution in [0.3, 0.4) is 0 Å². The maximum atomic E-state index is 11.9. The molecule has 1 amide bonds. The molecule has 1 atom stereocenters. The summed E-state index contributed by atoms with van der Waals surface area (Å²) >= 11 is 0. The zero-order chi connectivity index (χ0) is 12.3. The number of anilines is 1. The molecule has 0 radical (unpaired) electrons. The lowest BCUT2D eigenvalue weighted by Crippen LogP contribution is -2.33. The number of nitrogens with one attached hydrogen (secondary N) is 2. The molecule has 0 aromatic carbocycles. The van der Waals surface area contributed by atoms with Crippen LogP contribution in [0.15, 0.2) is 18.2 Å². The van der Waals surface area contributed by atoms with Gasteiger partial charge in [-0.3, -0.25) is 4.79 Å². The van der Waals surface area contributed by atoms with Crippen LogP contribution in [0.25, 0.3) is 0 Å². The molecule has 1 aliphatic rings. The second-order valence-corrected chi connectivity index (χ2v) is 4.71. The van der Waals surface area contributed by atoms with Crippen LogP contribution in [-0.2, 0) is 0 Å². The molecule has 2 rings (SSSR count). The maximum absolute atomic E-state index is 11.9. The van der Waals surface area contributed by atoms with Gasteiger partial charge >= 0.3 is 0 Å². The molecule has 0 spiro atoms. The van der Waals surface area contributed by atoms with Crippen molar-refractivity contribution in [1.29, 1.82) is 0 Å². The number of carbonyl (C=O) groups excluding carboxylic acids is 1. The second kappa shape index (κ2) is 5.17. The van der Waals surface area contributed by atoms with Crippen molar-refractivity contribution in [3.63, 3.8) is 0 Å². The Morgan fingerprint density at radius 3 is 2.94 bits per heavy atom. The molecule has 0 aliphatic heterocycles. The molecule has 0 saturated heterocycles. The van der Waals surface area contributed by atoms with Gasteiger partial charge in [-0.1, -0.05) is 18.9 Å². The van der Waals surface area contributed by atoms with Crippen molar-refractivity contribution in [2.45, 2.75) is 32.2 Å². The number of carbonyl (C=O) groups is 1. The first-order valence-electron chi connectivity index (χ1n) is 6.14. The summed E-state index contributed by atoms with van der Waals surface area (Å²) in [6, 6.07) is 5.64. The van der Waals surface area contributed by atoms with Gasteiger partial charge in [-0.2, -0.15) is 0 Å². The number of hydrogen-bond acceptors (Lipinski definition) is 3. The largest absolute Gasteiger partial charge is 0.373 e. The molecule has 2 N–H and O–H groups in total. The van der Waals surface area contributed by atoms with Crippen LogP contribution in [0.2, 0.25) is 0 Å². The van der Waals surface area contributed by atoms with E-state index in [4.69, 9.17) is 0 Å². The predicted molar refractivity (Wildman–Crippen MR) is 68.1 cm³/mol. The molecule has 4 heteroatoms. The highest BCUT2D eigenvalue weighted by molar-refractivity contribution is 5.92. The van der Waals surface area contributed by atoms with E-state index < -0.39 is 0 Å². The first-order chi connectivity index (χ1) is 8.19. The van der Waals surface area contributed by atoms with E-state index in [0.717, 1.165) is 12.3 Å². The Morgan fingerprint density at radius 1 is 1.53 bits per heavy atom. The molecular weight excluding hydrogens is 214 g/mol. The molecule has 1 fully saturated rings. The Kier molecular flexibility index (Phi) is 3.61. The summed E-state index contributed by atoms with van der Waals surface area (Å²) in [6.45, 7) is 2.05. The van der Waals surface area contributed by atoms with E-state index >= 15 is 0 Å². The average molecular weight is 233 g/mol. The average Bonchev–Trinajstić information content (AvgIpc) is 3.12. The van der Waals surface area contributed by atoms with Crippen molar-refractivity contribution in [2.75, 3.05) is 12.4 Å². The summed E-state index contributed by atoms with van der Waals surface area (Å²) < 4.78 is 0. The topological polar surface area (TPSA) is 54.0 Å². The predicted octanol–water partition coefficient (Wildman–Crippen LogP) is 2.04. The highest BCUT2D eigenvalue weighted by Gasteiger charge is 2.24. The molecular formula is C13H19N3O. The fourth-order valence-corrected chi connectivity index (χ4v) is 1.91. The van der Waals surface area contributed by atoms with Crippen LogP contribution >= 0.6 is 0 Å². The molecule has 1 aliphatic carbocycles. The molecule has 1 unspecified atom stereocenters. The minimum atomic E-state index is -0.0877. The van der Waals surface area contributed by atoms with Gasteiger partial charge in [0.2, 0.25) is 0 Å². The van der Waals surface area contributed by atoms with Crippen LogP contribution in [0.5, 0.6) is 0 Å². The number of hydrogen-bond donors (Lipinski definition) is 2. The van der Waals surface area contributed by atoms with Crippen molar-refractivity contribution < 1.29 is 4.79 Å². The first kappa shape index (κ1) is 11.9. The molecule has 0 bridgehead atoms. The monoisotopic (exact) mass is 233 g/mol. The van der Waals surface area contributed by atoms with Crippen molar-refractivity contribution in [2.24, 2.45) is 5.92 Å². The highest BCUT2D eigenvalue weighted by Crippen LogP contribution is 2.33.